The van der Waals surface area contributed by atoms with Gasteiger partial charge in [-0.1, -0.05) is 65.5 Å². The first-order chi connectivity index (χ1) is 23.3. The van der Waals surface area contributed by atoms with Crippen molar-refractivity contribution in [3.63, 3.8) is 0 Å². The van der Waals surface area contributed by atoms with Crippen molar-refractivity contribution in [2.45, 2.75) is 142 Å². The molecule has 3 saturated carbocycles. The minimum absolute atomic E-state index is 0.152. The van der Waals surface area contributed by atoms with E-state index in [2.05, 4.69) is 46.0 Å². The van der Waals surface area contributed by atoms with Crippen LogP contribution in [-0.4, -0.2) is 69.9 Å². The number of carbonyl (C=O) groups excluding carboxylic acids is 1. The molecule has 9 heteroatoms. The van der Waals surface area contributed by atoms with Crippen LogP contribution in [0.5, 0.6) is 5.75 Å². The van der Waals surface area contributed by atoms with E-state index in [0.717, 1.165) is 54.8 Å². The van der Waals surface area contributed by atoms with Crippen LogP contribution in [-0.2, 0) is 9.47 Å². The van der Waals surface area contributed by atoms with E-state index in [9.17, 15) is 25.2 Å². The molecule has 0 bridgehead atoms. The summed E-state index contributed by atoms with van der Waals surface area (Å²) in [5, 5.41) is 42.5. The van der Waals surface area contributed by atoms with Crippen LogP contribution in [0.15, 0.2) is 35.9 Å². The van der Waals surface area contributed by atoms with Gasteiger partial charge in [0.25, 0.3) is 0 Å². The highest BCUT2D eigenvalue weighted by Crippen LogP contribution is 2.67. The maximum absolute atomic E-state index is 13.0. The zero-order chi connectivity index (χ0) is 35.1. The zero-order valence-corrected chi connectivity index (χ0v) is 30.2. The van der Waals surface area contributed by atoms with Gasteiger partial charge < -0.3 is 34.6 Å². The lowest BCUT2D eigenvalue weighted by molar-refractivity contribution is -0.277. The number of aliphatic hydroxyl groups excluding tert-OH is 4. The fourth-order valence-corrected chi connectivity index (χ4v) is 11.0. The molecule has 0 radical (unpaired) electrons. The van der Waals surface area contributed by atoms with Gasteiger partial charge in [-0.3, -0.25) is 5.32 Å². The molecule has 1 amide bonds. The van der Waals surface area contributed by atoms with Gasteiger partial charge in [0.2, 0.25) is 6.29 Å². The average molecular weight is 684 g/mol. The standard InChI is InChI=1S/C40H61NO8/c1-23(2)7-6-8-24(3)30-15-16-31-29-14-9-25-21-28(17-19-39(25,4)32(29)18-20-40(30,31)5)48-38(46)41-26-10-12-27(13-11-26)47-37-36(45)35(44)34(43)33(22-42)49-37/h9-13,23-24,28-37,42-45H,6-8,14-22H2,1-5H3,(H,41,46)/t24?,28?,29?,30?,31?,32?,33?,34-,35-,36?,37+,39?,40?/m0/s1. The van der Waals surface area contributed by atoms with E-state index < -0.39 is 43.4 Å². The first kappa shape index (κ1) is 36.6. The third-order valence-electron chi connectivity index (χ3n) is 13.7. The minimum Gasteiger partial charge on any atom is -0.462 e. The molecule has 9 nitrogen and oxygen atoms in total. The highest BCUT2D eigenvalue weighted by molar-refractivity contribution is 5.84. The molecule has 49 heavy (non-hydrogen) atoms. The van der Waals surface area contributed by atoms with Crippen molar-refractivity contribution < 1.29 is 39.4 Å². The summed E-state index contributed by atoms with van der Waals surface area (Å²) in [5.41, 5.74) is 2.69. The molecule has 0 spiro atoms. The zero-order valence-electron chi connectivity index (χ0n) is 30.2. The van der Waals surface area contributed by atoms with Crippen LogP contribution in [0.3, 0.4) is 0 Å². The summed E-state index contributed by atoms with van der Waals surface area (Å²) in [5.74, 6) is 5.11. The smallest absolute Gasteiger partial charge is 0.411 e. The SMILES string of the molecule is CC(C)CCCC(C)C1CCC2C3CC=C4CC(OC(=O)Nc5ccc(O[C@@H]6OC(CO)[C@H](O)[C@H](O)C6O)cc5)CCC4(C)C3CCC12C. The Bertz CT molecular complexity index is 1320. The lowest BCUT2D eigenvalue weighted by Crippen LogP contribution is -2.60. The largest absolute Gasteiger partial charge is 0.462 e. The summed E-state index contributed by atoms with van der Waals surface area (Å²) in [6.45, 7) is 11.8. The Kier molecular flexibility index (Phi) is 11.1. The molecule has 1 aromatic carbocycles. The maximum atomic E-state index is 13.0. The number of benzene rings is 1. The van der Waals surface area contributed by atoms with Gasteiger partial charge in [0.05, 0.1) is 6.61 Å². The summed E-state index contributed by atoms with van der Waals surface area (Å²) in [4.78, 5) is 13.0. The minimum atomic E-state index is -1.52. The summed E-state index contributed by atoms with van der Waals surface area (Å²) in [7, 11) is 0. The molecule has 1 aliphatic heterocycles. The second kappa shape index (κ2) is 14.8. The molecule has 1 aromatic rings. The molecule has 5 N–H and O–H groups in total. The number of hydrogen-bond donors (Lipinski definition) is 5. The van der Waals surface area contributed by atoms with Crippen LogP contribution in [0.25, 0.3) is 0 Å². The number of carbonyl (C=O) groups is 1. The molecular formula is C40H61NO8. The summed E-state index contributed by atoms with van der Waals surface area (Å²) >= 11 is 0. The van der Waals surface area contributed by atoms with E-state index >= 15 is 0 Å². The number of anilines is 1. The van der Waals surface area contributed by atoms with Gasteiger partial charge in [0.15, 0.2) is 0 Å². The van der Waals surface area contributed by atoms with E-state index in [0.29, 0.717) is 16.9 Å². The molecule has 6 rings (SSSR count). The van der Waals surface area contributed by atoms with E-state index in [-0.39, 0.29) is 11.5 Å². The summed E-state index contributed by atoms with van der Waals surface area (Å²) in [6.07, 6.45) is 8.54. The lowest BCUT2D eigenvalue weighted by Gasteiger charge is -2.58. The third-order valence-corrected chi connectivity index (χ3v) is 13.7. The van der Waals surface area contributed by atoms with Gasteiger partial charge in [-0.25, -0.2) is 4.79 Å². The molecule has 10 unspecified atom stereocenters. The van der Waals surface area contributed by atoms with Gasteiger partial charge in [0, 0.05) is 12.1 Å². The van der Waals surface area contributed by atoms with Crippen molar-refractivity contribution in [1.82, 2.24) is 0 Å². The van der Waals surface area contributed by atoms with Crippen LogP contribution in [0.4, 0.5) is 10.5 Å². The molecule has 4 aliphatic carbocycles. The van der Waals surface area contributed by atoms with E-state index in [1.165, 1.54) is 56.9 Å². The molecule has 1 heterocycles. The van der Waals surface area contributed by atoms with Crippen molar-refractivity contribution in [2.24, 2.45) is 46.3 Å². The molecule has 1 saturated heterocycles. The highest BCUT2D eigenvalue weighted by Gasteiger charge is 2.59. The number of rotatable bonds is 10. The Hall–Kier alpha value is -2.17. The topological polar surface area (TPSA) is 138 Å². The van der Waals surface area contributed by atoms with Crippen molar-refractivity contribution in [1.29, 1.82) is 0 Å². The monoisotopic (exact) mass is 683 g/mol. The van der Waals surface area contributed by atoms with Crippen LogP contribution in [0.1, 0.15) is 105 Å². The molecule has 0 aromatic heterocycles. The molecular weight excluding hydrogens is 622 g/mol. The molecule has 274 valence electrons. The fraction of sp³-hybridized carbons (Fsp3) is 0.775. The Morgan fingerprint density at radius 1 is 0.959 bits per heavy atom. The van der Waals surface area contributed by atoms with Crippen LogP contribution < -0.4 is 10.1 Å². The fourth-order valence-electron chi connectivity index (χ4n) is 11.0. The number of fused-ring (bicyclic) bond motifs is 5. The molecule has 4 fully saturated rings. The van der Waals surface area contributed by atoms with Crippen molar-refractivity contribution in [2.75, 3.05) is 11.9 Å². The third kappa shape index (κ3) is 7.30. The normalized spacial score (nSPS) is 40.8. The Labute approximate surface area is 292 Å². The summed E-state index contributed by atoms with van der Waals surface area (Å²) < 4.78 is 17.0. The number of allylic oxidation sites excluding steroid dienone is 1. The maximum Gasteiger partial charge on any atom is 0.411 e. The van der Waals surface area contributed by atoms with E-state index in [1.54, 1.807) is 24.3 Å². The van der Waals surface area contributed by atoms with E-state index in [1.807, 2.05) is 0 Å². The van der Waals surface area contributed by atoms with E-state index in [4.69, 9.17) is 14.2 Å². The average Bonchev–Trinajstić information content (AvgIpc) is 3.43. The second-order valence-corrected chi connectivity index (χ2v) is 17.0. The van der Waals surface area contributed by atoms with Crippen molar-refractivity contribution in [3.8, 4) is 5.75 Å². The number of nitrogens with one attached hydrogen (secondary N) is 1. The second-order valence-electron chi connectivity index (χ2n) is 17.0. The predicted octanol–water partition coefficient (Wildman–Crippen LogP) is 6.82. The number of ether oxygens (including phenoxy) is 3. The quantitative estimate of drug-likeness (QED) is 0.170. The first-order valence-electron chi connectivity index (χ1n) is 19.1. The van der Waals surface area contributed by atoms with Crippen molar-refractivity contribution >= 4 is 11.8 Å². The van der Waals surface area contributed by atoms with Gasteiger partial charge in [-0.05, 0) is 116 Å². The first-order valence-corrected chi connectivity index (χ1v) is 19.1. The van der Waals surface area contributed by atoms with Crippen LogP contribution >= 0.6 is 0 Å². The Morgan fingerprint density at radius 2 is 1.71 bits per heavy atom. The Balaban J connectivity index is 1.01. The number of amides is 1. The summed E-state index contributed by atoms with van der Waals surface area (Å²) in [6, 6.07) is 6.50. The predicted molar refractivity (Wildman–Crippen MR) is 188 cm³/mol. The van der Waals surface area contributed by atoms with Gasteiger partial charge in [0.1, 0.15) is 36.3 Å². The lowest BCUT2D eigenvalue weighted by atomic mass is 9.47. The number of aliphatic hydroxyl groups is 4. The van der Waals surface area contributed by atoms with Gasteiger partial charge in [-0.2, -0.15) is 0 Å². The van der Waals surface area contributed by atoms with Gasteiger partial charge in [-0.15, -0.1) is 0 Å². The van der Waals surface area contributed by atoms with Crippen LogP contribution in [0, 0.1) is 46.3 Å². The Morgan fingerprint density at radius 3 is 2.43 bits per heavy atom. The van der Waals surface area contributed by atoms with Crippen LogP contribution in [0.2, 0.25) is 0 Å². The van der Waals surface area contributed by atoms with Crippen molar-refractivity contribution in [3.05, 3.63) is 35.9 Å². The number of hydrogen-bond acceptors (Lipinski definition) is 8. The molecule has 5 aliphatic rings. The highest BCUT2D eigenvalue weighted by atomic mass is 16.7. The molecule has 13 atom stereocenters. The van der Waals surface area contributed by atoms with Gasteiger partial charge >= 0.3 is 6.09 Å².